The zero-order valence-electron chi connectivity index (χ0n) is 10.1. The summed E-state index contributed by atoms with van der Waals surface area (Å²) >= 11 is 1.39. The van der Waals surface area contributed by atoms with Crippen molar-refractivity contribution in [3.05, 3.63) is 35.3 Å². The van der Waals surface area contributed by atoms with Gasteiger partial charge >= 0.3 is 7.12 Å². The summed E-state index contributed by atoms with van der Waals surface area (Å²) in [6.45, 7) is 1.80. The second kappa shape index (κ2) is 4.38. The lowest BCUT2D eigenvalue weighted by molar-refractivity contribution is 0.425. The van der Waals surface area contributed by atoms with Gasteiger partial charge in [-0.05, 0) is 30.6 Å². The molecule has 0 fully saturated rings. The van der Waals surface area contributed by atoms with Crippen molar-refractivity contribution in [3.8, 4) is 16.6 Å². The van der Waals surface area contributed by atoms with Crippen LogP contribution >= 0.6 is 11.3 Å². The topological polar surface area (TPSA) is 78.0 Å². The van der Waals surface area contributed by atoms with E-state index >= 15 is 0 Å². The van der Waals surface area contributed by atoms with Crippen LogP contribution in [-0.2, 0) is 0 Å². The third-order valence-corrected chi connectivity index (χ3v) is 3.95. The molecular weight excluding hydrogens is 263 g/mol. The van der Waals surface area contributed by atoms with Gasteiger partial charge in [0, 0.05) is 11.7 Å². The SMILES string of the molecule is Cc1sc(-c2ccc3ccc(B(O)O)cn23)nc1O. The molecule has 5 nitrogen and oxygen atoms in total. The van der Waals surface area contributed by atoms with Gasteiger partial charge in [-0.25, -0.2) is 0 Å². The average molecular weight is 274 g/mol. The fraction of sp³-hybridized carbons (Fsp3) is 0.0833. The molecule has 3 heterocycles. The zero-order valence-corrected chi connectivity index (χ0v) is 10.9. The van der Waals surface area contributed by atoms with E-state index in [4.69, 9.17) is 0 Å². The normalized spacial score (nSPS) is 11.1. The first-order valence-corrected chi connectivity index (χ1v) is 6.52. The second-order valence-electron chi connectivity index (χ2n) is 4.25. The van der Waals surface area contributed by atoms with Gasteiger partial charge < -0.3 is 19.6 Å². The van der Waals surface area contributed by atoms with E-state index in [0.717, 1.165) is 16.1 Å². The van der Waals surface area contributed by atoms with E-state index in [2.05, 4.69) is 4.98 Å². The first kappa shape index (κ1) is 12.2. The molecule has 0 spiro atoms. The molecule has 0 saturated carbocycles. The lowest BCUT2D eigenvalue weighted by Gasteiger charge is -2.03. The lowest BCUT2D eigenvalue weighted by atomic mass is 9.82. The smallest absolute Gasteiger partial charge is 0.489 e. The highest BCUT2D eigenvalue weighted by Crippen LogP contribution is 2.31. The maximum atomic E-state index is 9.56. The van der Waals surface area contributed by atoms with E-state index in [1.807, 2.05) is 16.5 Å². The molecule has 3 aromatic heterocycles. The first-order valence-electron chi connectivity index (χ1n) is 5.70. The Labute approximate surface area is 113 Å². The quantitative estimate of drug-likeness (QED) is 0.603. The van der Waals surface area contributed by atoms with Gasteiger partial charge in [0.25, 0.3) is 0 Å². The number of aromatic nitrogens is 2. The van der Waals surface area contributed by atoms with Crippen LogP contribution in [0.2, 0.25) is 0 Å². The van der Waals surface area contributed by atoms with Gasteiger partial charge in [0.1, 0.15) is 5.01 Å². The summed E-state index contributed by atoms with van der Waals surface area (Å²) in [5.74, 6) is 0.0355. The van der Waals surface area contributed by atoms with Crippen molar-refractivity contribution in [1.82, 2.24) is 9.38 Å². The molecule has 0 aromatic carbocycles. The van der Waals surface area contributed by atoms with Crippen LogP contribution in [0.15, 0.2) is 30.5 Å². The molecule has 96 valence electrons. The molecule has 3 aromatic rings. The molecule has 0 bridgehead atoms. The zero-order chi connectivity index (χ0) is 13.6. The molecule has 0 amide bonds. The number of hydrogen-bond donors (Lipinski definition) is 3. The van der Waals surface area contributed by atoms with Gasteiger partial charge in [-0.15, -0.1) is 11.3 Å². The Bertz CT molecular complexity index is 731. The highest BCUT2D eigenvalue weighted by Gasteiger charge is 2.15. The Morgan fingerprint density at radius 1 is 1.21 bits per heavy atom. The van der Waals surface area contributed by atoms with Crippen LogP contribution in [0.4, 0.5) is 0 Å². The van der Waals surface area contributed by atoms with Crippen molar-refractivity contribution in [3.63, 3.8) is 0 Å². The van der Waals surface area contributed by atoms with Crippen molar-refractivity contribution in [2.45, 2.75) is 6.92 Å². The van der Waals surface area contributed by atoms with Crippen LogP contribution in [0.1, 0.15) is 4.88 Å². The average Bonchev–Trinajstić information content (AvgIpc) is 2.93. The standard InChI is InChI=1S/C12H11BN2O3S/c1-7-11(16)14-12(19-7)10-5-4-9-3-2-8(13(17)18)6-15(9)10/h2-6,16-18H,1H3. The van der Waals surface area contributed by atoms with E-state index in [9.17, 15) is 15.2 Å². The molecule has 0 aliphatic heterocycles. The van der Waals surface area contributed by atoms with E-state index in [-0.39, 0.29) is 5.88 Å². The fourth-order valence-corrected chi connectivity index (χ4v) is 2.77. The van der Waals surface area contributed by atoms with Gasteiger partial charge in [0.05, 0.1) is 10.6 Å². The lowest BCUT2D eigenvalue weighted by Crippen LogP contribution is -2.30. The number of aromatic hydroxyl groups is 1. The number of fused-ring (bicyclic) bond motifs is 1. The van der Waals surface area contributed by atoms with Gasteiger partial charge in [-0.1, -0.05) is 6.07 Å². The van der Waals surface area contributed by atoms with E-state index in [1.54, 1.807) is 25.3 Å². The van der Waals surface area contributed by atoms with Crippen LogP contribution in [0, 0.1) is 6.92 Å². The van der Waals surface area contributed by atoms with Gasteiger partial charge in [0.2, 0.25) is 5.88 Å². The molecule has 0 saturated heterocycles. The van der Waals surface area contributed by atoms with Crippen LogP contribution in [0.25, 0.3) is 16.2 Å². The number of rotatable bonds is 2. The largest absolute Gasteiger partial charge is 0.492 e. The third-order valence-electron chi connectivity index (χ3n) is 2.96. The summed E-state index contributed by atoms with van der Waals surface area (Å²) in [5.41, 5.74) is 2.14. The number of hydrogen-bond acceptors (Lipinski definition) is 5. The molecule has 3 N–H and O–H groups in total. The number of pyridine rings is 1. The van der Waals surface area contributed by atoms with Crippen molar-refractivity contribution in [1.29, 1.82) is 0 Å². The Balaban J connectivity index is 2.20. The van der Waals surface area contributed by atoms with Gasteiger partial charge in [-0.3, -0.25) is 0 Å². The maximum Gasteiger partial charge on any atom is 0.489 e. The minimum atomic E-state index is -1.51. The summed E-state index contributed by atoms with van der Waals surface area (Å²) < 4.78 is 1.83. The van der Waals surface area contributed by atoms with Crippen LogP contribution in [0.5, 0.6) is 5.88 Å². The van der Waals surface area contributed by atoms with Crippen molar-refractivity contribution in [2.24, 2.45) is 0 Å². The first-order chi connectivity index (χ1) is 9.06. The van der Waals surface area contributed by atoms with Crippen LogP contribution in [0.3, 0.4) is 0 Å². The molecular formula is C12H11BN2O3S. The minimum Gasteiger partial charge on any atom is -0.492 e. The molecule has 0 atom stereocenters. The van der Waals surface area contributed by atoms with Crippen LogP contribution in [-0.4, -0.2) is 31.7 Å². The van der Waals surface area contributed by atoms with E-state index < -0.39 is 7.12 Å². The summed E-state index contributed by atoms with van der Waals surface area (Å²) in [6.07, 6.45) is 1.66. The Hall–Kier alpha value is -1.83. The molecule has 3 rings (SSSR count). The number of nitrogens with zero attached hydrogens (tertiary/aromatic N) is 2. The molecule has 0 unspecified atom stereocenters. The predicted octanol–water partition coefficient (Wildman–Crippen LogP) is 0.757. The fourth-order valence-electron chi connectivity index (χ4n) is 1.94. The van der Waals surface area contributed by atoms with Gasteiger partial charge in [-0.2, -0.15) is 4.98 Å². The maximum absolute atomic E-state index is 9.56. The highest BCUT2D eigenvalue weighted by atomic mass is 32.1. The van der Waals surface area contributed by atoms with Crippen LogP contribution < -0.4 is 5.46 Å². The third kappa shape index (κ3) is 2.01. The molecule has 7 heteroatoms. The van der Waals surface area contributed by atoms with Crippen molar-refractivity contribution >= 4 is 29.4 Å². The minimum absolute atomic E-state index is 0.0355. The summed E-state index contributed by atoms with van der Waals surface area (Å²) in [4.78, 5) is 4.86. The second-order valence-corrected chi connectivity index (χ2v) is 5.45. The summed E-state index contributed by atoms with van der Waals surface area (Å²) in [5, 5.41) is 28.7. The Kier molecular flexibility index (Phi) is 2.81. The predicted molar refractivity (Wildman–Crippen MR) is 74.7 cm³/mol. The van der Waals surface area contributed by atoms with Crippen molar-refractivity contribution < 1.29 is 15.2 Å². The molecule has 0 aliphatic carbocycles. The molecule has 19 heavy (non-hydrogen) atoms. The molecule has 0 aliphatic rings. The van der Waals surface area contributed by atoms with E-state index in [1.165, 1.54) is 11.3 Å². The Morgan fingerprint density at radius 3 is 2.58 bits per heavy atom. The number of aryl methyl sites for hydroxylation is 1. The van der Waals surface area contributed by atoms with Gasteiger partial charge in [0.15, 0.2) is 0 Å². The highest BCUT2D eigenvalue weighted by molar-refractivity contribution is 7.15. The summed E-state index contributed by atoms with van der Waals surface area (Å²) in [6, 6.07) is 7.27. The molecule has 0 radical (unpaired) electrons. The summed E-state index contributed by atoms with van der Waals surface area (Å²) in [7, 11) is -1.51. The Morgan fingerprint density at radius 2 is 1.95 bits per heavy atom. The van der Waals surface area contributed by atoms with Crippen molar-refractivity contribution in [2.75, 3.05) is 0 Å². The van der Waals surface area contributed by atoms with E-state index in [0.29, 0.717) is 10.5 Å². The number of thiazole rings is 1. The monoisotopic (exact) mass is 274 g/mol.